The van der Waals surface area contributed by atoms with Gasteiger partial charge in [-0.1, -0.05) is 26.0 Å². The van der Waals surface area contributed by atoms with E-state index in [0.29, 0.717) is 32.1 Å². The molecule has 2 N–H and O–H groups in total. The van der Waals surface area contributed by atoms with Crippen molar-refractivity contribution in [1.29, 1.82) is 0 Å². The average Bonchev–Trinajstić information content (AvgIpc) is 3.25. The highest BCUT2D eigenvalue weighted by Crippen LogP contribution is 2.45. The summed E-state index contributed by atoms with van der Waals surface area (Å²) in [5.74, 6) is 2.33. The quantitative estimate of drug-likeness (QED) is 0.250. The van der Waals surface area contributed by atoms with E-state index in [2.05, 4.69) is 62.8 Å². The predicted molar refractivity (Wildman–Crippen MR) is 127 cm³/mol. The van der Waals surface area contributed by atoms with Gasteiger partial charge in [-0.25, -0.2) is 4.98 Å². The molecule has 0 aliphatic rings. The first-order valence-corrected chi connectivity index (χ1v) is 11.2. The number of phenolic OH excluding ortho intramolecular Hbond substituents is 2. The molecule has 0 radical (unpaired) electrons. The van der Waals surface area contributed by atoms with Crippen LogP contribution in [0.15, 0.2) is 74.2 Å². The fourth-order valence-electron chi connectivity index (χ4n) is 3.03. The summed E-state index contributed by atoms with van der Waals surface area (Å²) < 4.78 is 12.7. The van der Waals surface area contributed by atoms with Crippen molar-refractivity contribution in [2.75, 3.05) is 0 Å². The summed E-state index contributed by atoms with van der Waals surface area (Å²) >= 11 is 6.62. The van der Waals surface area contributed by atoms with Gasteiger partial charge in [-0.15, -0.1) is 0 Å². The molecule has 0 saturated heterocycles. The van der Waals surface area contributed by atoms with Crippen molar-refractivity contribution in [2.45, 2.75) is 19.8 Å². The number of hydrogen-bond acceptors (Lipinski definition) is 5. The zero-order valence-electron chi connectivity index (χ0n) is 16.8. The van der Waals surface area contributed by atoms with Gasteiger partial charge in [-0.2, -0.15) is 0 Å². The van der Waals surface area contributed by atoms with Crippen LogP contribution in [0.25, 0.3) is 22.8 Å². The van der Waals surface area contributed by atoms with Crippen LogP contribution in [0, 0.1) is 0 Å². The van der Waals surface area contributed by atoms with Gasteiger partial charge in [0.25, 0.3) is 0 Å². The van der Waals surface area contributed by atoms with Gasteiger partial charge in [0, 0.05) is 10.0 Å². The maximum Gasteiger partial charge on any atom is 0.228 e. The Morgan fingerprint density at radius 3 is 2.13 bits per heavy atom. The molecule has 5 nitrogen and oxygen atoms in total. The third kappa shape index (κ3) is 4.48. The fourth-order valence-corrected chi connectivity index (χ4v) is 3.92. The number of aromatic hydroxyl groups is 2. The van der Waals surface area contributed by atoms with E-state index in [4.69, 9.17) is 9.15 Å². The second-order valence-corrected chi connectivity index (χ2v) is 8.89. The number of halogens is 2. The Bertz CT molecular complexity index is 1220. The Hall–Kier alpha value is -2.77. The molecule has 1 heterocycles. The lowest BCUT2D eigenvalue weighted by Crippen LogP contribution is -1.88. The Morgan fingerprint density at radius 1 is 0.903 bits per heavy atom. The SMILES string of the molecule is CC(C)c1ccc(Oc2ccc(-c3cnc(-c4cc(O)c(O)c(Br)c4Br)o3)cc2)cc1. The van der Waals surface area contributed by atoms with Gasteiger partial charge in [0.2, 0.25) is 5.89 Å². The van der Waals surface area contributed by atoms with Gasteiger partial charge in [-0.3, -0.25) is 0 Å². The number of rotatable bonds is 5. The summed E-state index contributed by atoms with van der Waals surface area (Å²) in [7, 11) is 0. The normalized spacial score (nSPS) is 11.1. The van der Waals surface area contributed by atoms with E-state index in [1.807, 2.05) is 36.4 Å². The highest BCUT2D eigenvalue weighted by Gasteiger charge is 2.19. The molecular formula is C24H19Br2NO4. The zero-order valence-corrected chi connectivity index (χ0v) is 19.9. The van der Waals surface area contributed by atoms with Crippen LogP contribution in [-0.2, 0) is 0 Å². The summed E-state index contributed by atoms with van der Waals surface area (Å²) in [5, 5.41) is 19.7. The highest BCUT2D eigenvalue weighted by atomic mass is 79.9. The number of aromatic nitrogens is 1. The smallest absolute Gasteiger partial charge is 0.228 e. The number of benzene rings is 3. The molecule has 0 bridgehead atoms. The topological polar surface area (TPSA) is 75.7 Å². The third-order valence-electron chi connectivity index (χ3n) is 4.82. The van der Waals surface area contributed by atoms with Crippen LogP contribution in [0.5, 0.6) is 23.0 Å². The molecule has 0 spiro atoms. The van der Waals surface area contributed by atoms with Crippen molar-refractivity contribution in [3.05, 3.63) is 75.3 Å². The summed E-state index contributed by atoms with van der Waals surface area (Å²) in [5.41, 5.74) is 2.61. The Balaban J connectivity index is 1.54. The Morgan fingerprint density at radius 2 is 1.52 bits per heavy atom. The molecule has 7 heteroatoms. The molecule has 0 aliphatic heterocycles. The van der Waals surface area contributed by atoms with Crippen LogP contribution in [0.3, 0.4) is 0 Å². The van der Waals surface area contributed by atoms with E-state index in [1.165, 1.54) is 11.6 Å². The van der Waals surface area contributed by atoms with Crippen LogP contribution in [0.2, 0.25) is 0 Å². The first-order chi connectivity index (χ1) is 14.8. The molecule has 1 aromatic heterocycles. The molecule has 0 atom stereocenters. The molecule has 4 aromatic rings. The maximum absolute atomic E-state index is 9.90. The van der Waals surface area contributed by atoms with Crippen LogP contribution in [-0.4, -0.2) is 15.2 Å². The molecule has 4 rings (SSSR count). The van der Waals surface area contributed by atoms with Crippen LogP contribution < -0.4 is 4.74 Å². The van der Waals surface area contributed by atoms with Gasteiger partial charge in [-0.05, 0) is 85.8 Å². The first-order valence-electron chi connectivity index (χ1n) is 9.58. The summed E-state index contributed by atoms with van der Waals surface area (Å²) in [6, 6.07) is 17.0. The predicted octanol–water partition coefficient (Wildman–Crippen LogP) is 7.86. The number of oxazole rings is 1. The number of ether oxygens (including phenoxy) is 1. The van der Waals surface area contributed by atoms with E-state index >= 15 is 0 Å². The molecule has 31 heavy (non-hydrogen) atoms. The number of nitrogens with zero attached hydrogens (tertiary/aromatic N) is 1. The van der Waals surface area contributed by atoms with Gasteiger partial charge >= 0.3 is 0 Å². The van der Waals surface area contributed by atoms with Crippen LogP contribution in [0.1, 0.15) is 25.3 Å². The summed E-state index contributed by atoms with van der Waals surface area (Å²) in [4.78, 5) is 4.31. The van der Waals surface area contributed by atoms with Crippen LogP contribution >= 0.6 is 31.9 Å². The lowest BCUT2D eigenvalue weighted by atomic mass is 10.0. The maximum atomic E-state index is 9.90. The van der Waals surface area contributed by atoms with E-state index in [9.17, 15) is 10.2 Å². The molecule has 0 amide bonds. The van der Waals surface area contributed by atoms with Gasteiger partial charge in [0.1, 0.15) is 11.5 Å². The Kier molecular flexibility index (Phi) is 6.07. The Labute approximate surface area is 196 Å². The van der Waals surface area contributed by atoms with Crippen molar-refractivity contribution in [3.63, 3.8) is 0 Å². The van der Waals surface area contributed by atoms with Crippen molar-refractivity contribution in [2.24, 2.45) is 0 Å². The summed E-state index contributed by atoms with van der Waals surface area (Å²) in [6.07, 6.45) is 1.61. The highest BCUT2D eigenvalue weighted by molar-refractivity contribution is 9.13. The average molecular weight is 545 g/mol. The first kappa shape index (κ1) is 21.5. The standard InChI is InChI=1S/C24H19Br2NO4/c1-13(2)14-3-7-16(8-4-14)30-17-9-5-15(6-10-17)20-12-27-24(31-20)18-11-19(28)23(29)22(26)21(18)25/h3-13,28-29H,1-2H3. The van der Waals surface area contributed by atoms with Crippen LogP contribution in [0.4, 0.5) is 0 Å². The van der Waals surface area contributed by atoms with E-state index in [1.54, 1.807) is 6.20 Å². The molecule has 0 fully saturated rings. The lowest BCUT2D eigenvalue weighted by molar-refractivity contribution is 0.401. The van der Waals surface area contributed by atoms with Crippen molar-refractivity contribution in [1.82, 2.24) is 4.98 Å². The minimum absolute atomic E-state index is 0.253. The largest absolute Gasteiger partial charge is 0.504 e. The molecule has 0 unspecified atom stereocenters. The molecular weight excluding hydrogens is 526 g/mol. The molecule has 3 aromatic carbocycles. The van der Waals surface area contributed by atoms with Crippen molar-refractivity contribution < 1.29 is 19.4 Å². The van der Waals surface area contributed by atoms with E-state index < -0.39 is 0 Å². The zero-order chi connectivity index (χ0) is 22.1. The number of hydrogen-bond donors (Lipinski definition) is 2. The van der Waals surface area contributed by atoms with Gasteiger partial charge < -0.3 is 19.4 Å². The van der Waals surface area contributed by atoms with Crippen molar-refractivity contribution in [3.8, 4) is 45.8 Å². The lowest BCUT2D eigenvalue weighted by Gasteiger charge is -2.09. The minimum atomic E-state index is -0.271. The molecule has 158 valence electrons. The van der Waals surface area contributed by atoms with Crippen molar-refractivity contribution >= 4 is 31.9 Å². The third-order valence-corrected chi connectivity index (χ3v) is 6.95. The van der Waals surface area contributed by atoms with E-state index in [0.717, 1.165) is 17.1 Å². The molecule has 0 aliphatic carbocycles. The van der Waals surface area contributed by atoms with E-state index in [-0.39, 0.29) is 11.5 Å². The fraction of sp³-hybridized carbons (Fsp3) is 0.125. The monoisotopic (exact) mass is 543 g/mol. The minimum Gasteiger partial charge on any atom is -0.504 e. The molecule has 0 saturated carbocycles. The van der Waals surface area contributed by atoms with Gasteiger partial charge in [0.05, 0.1) is 16.2 Å². The van der Waals surface area contributed by atoms with Gasteiger partial charge in [0.15, 0.2) is 17.3 Å². The summed E-state index contributed by atoms with van der Waals surface area (Å²) in [6.45, 7) is 4.32. The number of phenols is 2. The second-order valence-electron chi connectivity index (χ2n) is 7.30. The second kappa shape index (κ2) is 8.77.